The van der Waals surface area contributed by atoms with Gasteiger partial charge in [0.15, 0.2) is 0 Å². The lowest BCUT2D eigenvalue weighted by Crippen LogP contribution is -2.16. The van der Waals surface area contributed by atoms with Crippen LogP contribution in [0.25, 0.3) is 0 Å². The summed E-state index contributed by atoms with van der Waals surface area (Å²) in [5.41, 5.74) is 0.984. The van der Waals surface area contributed by atoms with Gasteiger partial charge in [-0.1, -0.05) is 63.1 Å². The highest BCUT2D eigenvalue weighted by Crippen LogP contribution is 2.24. The number of hydrogen-bond acceptors (Lipinski definition) is 1. The van der Waals surface area contributed by atoms with Gasteiger partial charge in [-0.05, 0) is 31.2 Å². The minimum Gasteiger partial charge on any atom is -0.313 e. The summed E-state index contributed by atoms with van der Waals surface area (Å²) < 4.78 is 13.4. The van der Waals surface area contributed by atoms with Crippen LogP contribution in [0.3, 0.4) is 0 Å². The van der Waals surface area contributed by atoms with Crippen LogP contribution in [0.15, 0.2) is 18.2 Å². The van der Waals surface area contributed by atoms with E-state index in [9.17, 15) is 4.39 Å². The monoisotopic (exact) mass is 285 g/mol. The van der Waals surface area contributed by atoms with E-state index in [0.29, 0.717) is 0 Å². The molecule has 0 spiro atoms. The Balaban J connectivity index is 2.38. The maximum Gasteiger partial charge on any atom is 0.142 e. The summed E-state index contributed by atoms with van der Waals surface area (Å²) in [6.45, 7) is 2.23. The number of rotatable bonds is 9. The fraction of sp³-hybridized carbons (Fsp3) is 0.625. The summed E-state index contributed by atoms with van der Waals surface area (Å²) in [6, 6.07) is 5.31. The molecule has 19 heavy (non-hydrogen) atoms. The SMILES string of the molecule is CCCCCCCCC(NC)c1ccc(Cl)c(F)c1. The van der Waals surface area contributed by atoms with Gasteiger partial charge in [-0.2, -0.15) is 0 Å². The molecule has 1 aromatic carbocycles. The van der Waals surface area contributed by atoms with Crippen molar-refractivity contribution in [1.29, 1.82) is 0 Å². The molecule has 3 heteroatoms. The third kappa shape index (κ3) is 5.92. The zero-order valence-electron chi connectivity index (χ0n) is 12.0. The quantitative estimate of drug-likeness (QED) is 0.592. The first kappa shape index (κ1) is 16.5. The van der Waals surface area contributed by atoms with E-state index in [1.165, 1.54) is 38.5 Å². The molecular weight excluding hydrogens is 261 g/mol. The minimum absolute atomic E-state index is 0.193. The molecule has 0 amide bonds. The van der Waals surface area contributed by atoms with Crippen LogP contribution in [0.2, 0.25) is 5.02 Å². The predicted octanol–water partition coefficient (Wildman–Crippen LogP) is 5.49. The van der Waals surface area contributed by atoms with E-state index in [4.69, 9.17) is 11.6 Å². The van der Waals surface area contributed by atoms with Gasteiger partial charge in [0.25, 0.3) is 0 Å². The van der Waals surface area contributed by atoms with Gasteiger partial charge < -0.3 is 5.32 Å². The van der Waals surface area contributed by atoms with Gasteiger partial charge in [0, 0.05) is 6.04 Å². The first-order chi connectivity index (χ1) is 9.19. The van der Waals surface area contributed by atoms with Gasteiger partial charge in [0.05, 0.1) is 5.02 Å². The Morgan fingerprint density at radius 1 is 1.16 bits per heavy atom. The molecule has 1 nitrogen and oxygen atoms in total. The number of unbranched alkanes of at least 4 members (excludes halogenated alkanes) is 5. The van der Waals surface area contributed by atoms with Crippen molar-refractivity contribution in [2.45, 2.75) is 57.9 Å². The van der Waals surface area contributed by atoms with Crippen LogP contribution < -0.4 is 5.32 Å². The van der Waals surface area contributed by atoms with Gasteiger partial charge in [0.1, 0.15) is 5.82 Å². The van der Waals surface area contributed by atoms with Crippen LogP contribution in [-0.2, 0) is 0 Å². The number of halogens is 2. The fourth-order valence-corrected chi connectivity index (χ4v) is 2.45. The number of benzene rings is 1. The lowest BCUT2D eigenvalue weighted by atomic mass is 9.99. The Morgan fingerprint density at radius 3 is 2.47 bits per heavy atom. The highest BCUT2D eigenvalue weighted by Gasteiger charge is 2.11. The van der Waals surface area contributed by atoms with Crippen LogP contribution in [0.5, 0.6) is 0 Å². The molecule has 0 aliphatic carbocycles. The van der Waals surface area contributed by atoms with Gasteiger partial charge in [-0.15, -0.1) is 0 Å². The average molecular weight is 286 g/mol. The molecule has 0 aromatic heterocycles. The zero-order valence-corrected chi connectivity index (χ0v) is 12.8. The summed E-state index contributed by atoms with van der Waals surface area (Å²) in [5, 5.41) is 3.45. The van der Waals surface area contributed by atoms with Crippen molar-refractivity contribution in [3.8, 4) is 0 Å². The molecule has 1 unspecified atom stereocenters. The first-order valence-corrected chi connectivity index (χ1v) is 7.69. The standard InChI is InChI=1S/C16H25ClFN/c1-3-4-5-6-7-8-9-16(19-2)13-10-11-14(17)15(18)12-13/h10-12,16,19H,3-9H2,1-2H3. The molecule has 0 heterocycles. The molecule has 0 aliphatic heterocycles. The van der Waals surface area contributed by atoms with Crippen molar-refractivity contribution in [1.82, 2.24) is 5.32 Å². The van der Waals surface area contributed by atoms with E-state index in [0.717, 1.165) is 12.0 Å². The number of hydrogen-bond donors (Lipinski definition) is 1. The maximum absolute atomic E-state index is 13.4. The van der Waals surface area contributed by atoms with Crippen molar-refractivity contribution in [2.75, 3.05) is 7.05 Å². The van der Waals surface area contributed by atoms with Crippen molar-refractivity contribution >= 4 is 11.6 Å². The topological polar surface area (TPSA) is 12.0 Å². The molecule has 0 saturated carbocycles. The van der Waals surface area contributed by atoms with Crippen LogP contribution >= 0.6 is 11.6 Å². The molecule has 1 rings (SSSR count). The van der Waals surface area contributed by atoms with E-state index < -0.39 is 0 Å². The van der Waals surface area contributed by atoms with Crippen LogP contribution in [-0.4, -0.2) is 7.05 Å². The Bertz CT molecular complexity index is 368. The van der Waals surface area contributed by atoms with E-state index >= 15 is 0 Å². The van der Waals surface area contributed by atoms with Gasteiger partial charge in [-0.3, -0.25) is 0 Å². The zero-order chi connectivity index (χ0) is 14.1. The van der Waals surface area contributed by atoms with E-state index in [1.54, 1.807) is 12.1 Å². The minimum atomic E-state index is -0.331. The third-order valence-electron chi connectivity index (χ3n) is 3.54. The smallest absolute Gasteiger partial charge is 0.142 e. The summed E-state index contributed by atoms with van der Waals surface area (Å²) in [5.74, 6) is -0.331. The van der Waals surface area contributed by atoms with Gasteiger partial charge in [0.2, 0.25) is 0 Å². The van der Waals surface area contributed by atoms with Crippen molar-refractivity contribution in [3.05, 3.63) is 34.6 Å². The largest absolute Gasteiger partial charge is 0.313 e. The molecule has 1 N–H and O–H groups in total. The Kier molecular flexibility index (Phi) is 8.08. The highest BCUT2D eigenvalue weighted by molar-refractivity contribution is 6.30. The van der Waals surface area contributed by atoms with E-state index in [2.05, 4.69) is 12.2 Å². The molecule has 1 aromatic rings. The maximum atomic E-state index is 13.4. The van der Waals surface area contributed by atoms with E-state index in [1.807, 2.05) is 13.1 Å². The predicted molar refractivity (Wildman–Crippen MR) is 81.2 cm³/mol. The lowest BCUT2D eigenvalue weighted by Gasteiger charge is -2.17. The molecule has 0 bridgehead atoms. The highest BCUT2D eigenvalue weighted by atomic mass is 35.5. The molecule has 0 fully saturated rings. The Morgan fingerprint density at radius 2 is 1.84 bits per heavy atom. The van der Waals surface area contributed by atoms with Crippen LogP contribution in [0.4, 0.5) is 4.39 Å². The van der Waals surface area contributed by atoms with E-state index in [-0.39, 0.29) is 16.9 Å². The Labute approximate surface area is 121 Å². The lowest BCUT2D eigenvalue weighted by molar-refractivity contribution is 0.495. The van der Waals surface area contributed by atoms with Gasteiger partial charge in [-0.25, -0.2) is 4.39 Å². The second kappa shape index (κ2) is 9.33. The van der Waals surface area contributed by atoms with Crippen molar-refractivity contribution < 1.29 is 4.39 Å². The van der Waals surface area contributed by atoms with Crippen molar-refractivity contribution in [3.63, 3.8) is 0 Å². The molecule has 108 valence electrons. The summed E-state index contributed by atoms with van der Waals surface area (Å²) >= 11 is 5.71. The molecular formula is C16H25ClFN. The summed E-state index contributed by atoms with van der Waals surface area (Å²) in [7, 11) is 1.92. The molecule has 0 aliphatic rings. The second-order valence-corrected chi connectivity index (χ2v) is 5.48. The molecule has 0 radical (unpaired) electrons. The van der Waals surface area contributed by atoms with Crippen molar-refractivity contribution in [2.24, 2.45) is 0 Å². The Hall–Kier alpha value is -0.600. The second-order valence-electron chi connectivity index (χ2n) is 5.07. The average Bonchev–Trinajstić information content (AvgIpc) is 2.41. The number of nitrogens with one attached hydrogen (secondary N) is 1. The summed E-state index contributed by atoms with van der Waals surface area (Å²) in [4.78, 5) is 0. The third-order valence-corrected chi connectivity index (χ3v) is 3.85. The van der Waals surface area contributed by atoms with Crippen LogP contribution in [0, 0.1) is 5.82 Å². The van der Waals surface area contributed by atoms with Crippen LogP contribution in [0.1, 0.15) is 63.5 Å². The molecule has 1 atom stereocenters. The molecule has 0 saturated heterocycles. The van der Waals surface area contributed by atoms with Gasteiger partial charge >= 0.3 is 0 Å². The fourth-order valence-electron chi connectivity index (χ4n) is 2.34. The normalized spacial score (nSPS) is 12.6. The summed E-state index contributed by atoms with van der Waals surface area (Å²) in [6.07, 6.45) is 8.73. The first-order valence-electron chi connectivity index (χ1n) is 7.31.